The fourth-order valence-electron chi connectivity index (χ4n) is 2.58. The smallest absolute Gasteiger partial charge is 0.406 e. The Hall–Kier alpha value is -1.19. The lowest BCUT2D eigenvalue weighted by Gasteiger charge is -2.27. The van der Waals surface area contributed by atoms with Crippen molar-refractivity contribution < 1.29 is 17.9 Å². The number of hydrogen-bond acceptors (Lipinski definition) is 1. The molecule has 19 heavy (non-hydrogen) atoms. The molecule has 1 nitrogen and oxygen atoms in total. The molecule has 0 radical (unpaired) electrons. The van der Waals surface area contributed by atoms with E-state index in [0.29, 0.717) is 5.92 Å². The summed E-state index contributed by atoms with van der Waals surface area (Å²) in [6.07, 6.45) is -2.87. The second kappa shape index (κ2) is 5.85. The van der Waals surface area contributed by atoms with Crippen molar-refractivity contribution in [2.75, 3.05) is 0 Å². The molecule has 0 saturated carbocycles. The Morgan fingerprint density at radius 1 is 1.16 bits per heavy atom. The van der Waals surface area contributed by atoms with Gasteiger partial charge < -0.3 is 4.74 Å². The zero-order valence-electron chi connectivity index (χ0n) is 11.8. The molecule has 0 heterocycles. The van der Waals surface area contributed by atoms with Gasteiger partial charge in [-0.05, 0) is 41.9 Å². The van der Waals surface area contributed by atoms with Crippen molar-refractivity contribution in [2.45, 2.75) is 46.9 Å². The summed E-state index contributed by atoms with van der Waals surface area (Å²) in [5.74, 6) is 0.412. The van der Waals surface area contributed by atoms with E-state index in [0.717, 1.165) is 18.4 Å². The molecule has 0 saturated heterocycles. The third-order valence-corrected chi connectivity index (χ3v) is 2.78. The van der Waals surface area contributed by atoms with Crippen LogP contribution in [0.1, 0.15) is 39.7 Å². The van der Waals surface area contributed by atoms with Gasteiger partial charge >= 0.3 is 6.36 Å². The van der Waals surface area contributed by atoms with Crippen molar-refractivity contribution in [3.63, 3.8) is 0 Å². The standard InChI is InChI=1S/C15H21F3O/c1-11(2)9-14(3,4)10-12-6-5-7-13(8-12)19-15(16,17)18/h5-8,11H,9-10H2,1-4H3. The van der Waals surface area contributed by atoms with Crippen LogP contribution in [-0.4, -0.2) is 6.36 Å². The average Bonchev–Trinajstić information content (AvgIpc) is 2.11. The van der Waals surface area contributed by atoms with E-state index in [2.05, 4.69) is 32.4 Å². The van der Waals surface area contributed by atoms with Gasteiger partial charge in [-0.15, -0.1) is 13.2 Å². The highest BCUT2D eigenvalue weighted by atomic mass is 19.4. The van der Waals surface area contributed by atoms with E-state index in [9.17, 15) is 13.2 Å². The molecule has 108 valence electrons. The van der Waals surface area contributed by atoms with E-state index in [-0.39, 0.29) is 11.2 Å². The zero-order chi connectivity index (χ0) is 14.7. The maximum atomic E-state index is 12.2. The summed E-state index contributed by atoms with van der Waals surface area (Å²) in [7, 11) is 0. The van der Waals surface area contributed by atoms with E-state index in [1.807, 2.05) is 6.07 Å². The number of ether oxygens (including phenoxy) is 1. The van der Waals surface area contributed by atoms with Gasteiger partial charge in [-0.3, -0.25) is 0 Å². The first kappa shape index (κ1) is 15.9. The van der Waals surface area contributed by atoms with E-state index < -0.39 is 6.36 Å². The Morgan fingerprint density at radius 2 is 1.79 bits per heavy atom. The number of rotatable bonds is 5. The first-order chi connectivity index (χ1) is 8.57. The van der Waals surface area contributed by atoms with Crippen molar-refractivity contribution >= 4 is 0 Å². The molecule has 0 spiro atoms. The molecular weight excluding hydrogens is 253 g/mol. The Balaban J connectivity index is 2.77. The summed E-state index contributed by atoms with van der Waals surface area (Å²) in [5.41, 5.74) is 0.929. The topological polar surface area (TPSA) is 9.23 Å². The van der Waals surface area contributed by atoms with Crippen LogP contribution in [0.25, 0.3) is 0 Å². The van der Waals surface area contributed by atoms with Gasteiger partial charge in [0.15, 0.2) is 0 Å². The van der Waals surface area contributed by atoms with Crippen molar-refractivity contribution in [1.29, 1.82) is 0 Å². The maximum Gasteiger partial charge on any atom is 0.573 e. The predicted octanol–water partition coefficient (Wildman–Crippen LogP) is 5.20. The fourth-order valence-corrected chi connectivity index (χ4v) is 2.58. The van der Waals surface area contributed by atoms with E-state index in [1.54, 1.807) is 6.07 Å². The van der Waals surface area contributed by atoms with Crippen LogP contribution in [0.3, 0.4) is 0 Å². The number of hydrogen-bond donors (Lipinski definition) is 0. The van der Waals surface area contributed by atoms with E-state index in [4.69, 9.17) is 0 Å². The summed E-state index contributed by atoms with van der Waals surface area (Å²) in [6.45, 7) is 8.55. The average molecular weight is 274 g/mol. The fraction of sp³-hybridized carbons (Fsp3) is 0.600. The molecule has 0 aliphatic rings. The highest BCUT2D eigenvalue weighted by Crippen LogP contribution is 2.31. The Labute approximate surface area is 112 Å². The molecule has 0 unspecified atom stereocenters. The van der Waals surface area contributed by atoms with Crippen molar-refractivity contribution in [3.05, 3.63) is 29.8 Å². The summed E-state index contributed by atoms with van der Waals surface area (Å²) in [6, 6.07) is 6.23. The lowest BCUT2D eigenvalue weighted by atomic mass is 9.79. The second-order valence-electron chi connectivity index (χ2n) is 6.13. The number of alkyl halides is 3. The van der Waals surface area contributed by atoms with Crippen molar-refractivity contribution in [1.82, 2.24) is 0 Å². The quantitative estimate of drug-likeness (QED) is 0.717. The molecule has 4 heteroatoms. The highest BCUT2D eigenvalue weighted by Gasteiger charge is 2.31. The van der Waals surface area contributed by atoms with Crippen LogP contribution in [0.4, 0.5) is 13.2 Å². The third-order valence-electron chi connectivity index (χ3n) is 2.78. The third kappa shape index (κ3) is 6.50. The molecule has 0 amide bonds. The van der Waals surface area contributed by atoms with Crippen LogP contribution >= 0.6 is 0 Å². The maximum absolute atomic E-state index is 12.2. The second-order valence-corrected chi connectivity index (χ2v) is 6.13. The molecule has 0 bridgehead atoms. The molecule has 0 fully saturated rings. The van der Waals surface area contributed by atoms with Crippen LogP contribution in [0.2, 0.25) is 0 Å². The molecule has 0 N–H and O–H groups in total. The van der Waals surface area contributed by atoms with Gasteiger partial charge in [-0.2, -0.15) is 0 Å². The summed E-state index contributed by atoms with van der Waals surface area (Å²) < 4.78 is 40.4. The molecular formula is C15H21F3O. The lowest BCUT2D eigenvalue weighted by molar-refractivity contribution is -0.274. The van der Waals surface area contributed by atoms with E-state index >= 15 is 0 Å². The van der Waals surface area contributed by atoms with Gasteiger partial charge in [0.25, 0.3) is 0 Å². The number of halogens is 3. The van der Waals surface area contributed by atoms with Gasteiger partial charge in [0.05, 0.1) is 0 Å². The molecule has 1 aromatic carbocycles. The Kier molecular flexibility index (Phi) is 4.88. The van der Waals surface area contributed by atoms with Crippen LogP contribution in [-0.2, 0) is 6.42 Å². The monoisotopic (exact) mass is 274 g/mol. The summed E-state index contributed by atoms with van der Waals surface area (Å²) in [4.78, 5) is 0. The Bertz CT molecular complexity index is 408. The van der Waals surface area contributed by atoms with Crippen LogP contribution in [0.15, 0.2) is 24.3 Å². The molecule has 0 aromatic heterocycles. The molecule has 0 aliphatic heterocycles. The lowest BCUT2D eigenvalue weighted by Crippen LogP contribution is -2.19. The normalized spacial score (nSPS) is 12.8. The van der Waals surface area contributed by atoms with Gasteiger partial charge in [0.2, 0.25) is 0 Å². The number of benzene rings is 1. The van der Waals surface area contributed by atoms with Crippen LogP contribution < -0.4 is 4.74 Å². The SMILES string of the molecule is CC(C)CC(C)(C)Cc1cccc(OC(F)(F)F)c1. The first-order valence-corrected chi connectivity index (χ1v) is 6.42. The molecule has 1 rings (SSSR count). The first-order valence-electron chi connectivity index (χ1n) is 6.42. The molecule has 0 atom stereocenters. The van der Waals surface area contributed by atoms with Crippen LogP contribution in [0, 0.1) is 11.3 Å². The van der Waals surface area contributed by atoms with Gasteiger partial charge in [-0.25, -0.2) is 0 Å². The zero-order valence-corrected chi connectivity index (χ0v) is 11.8. The molecule has 0 aliphatic carbocycles. The predicted molar refractivity (Wildman–Crippen MR) is 70.1 cm³/mol. The minimum atomic E-state index is -4.63. The van der Waals surface area contributed by atoms with Gasteiger partial charge in [-0.1, -0.05) is 39.8 Å². The minimum Gasteiger partial charge on any atom is -0.406 e. The van der Waals surface area contributed by atoms with E-state index in [1.165, 1.54) is 12.1 Å². The van der Waals surface area contributed by atoms with Crippen LogP contribution in [0.5, 0.6) is 5.75 Å². The highest BCUT2D eigenvalue weighted by molar-refractivity contribution is 5.29. The van der Waals surface area contributed by atoms with Gasteiger partial charge in [0, 0.05) is 0 Å². The molecule has 1 aromatic rings. The summed E-state index contributed by atoms with van der Waals surface area (Å²) >= 11 is 0. The summed E-state index contributed by atoms with van der Waals surface area (Å²) in [5, 5.41) is 0. The largest absolute Gasteiger partial charge is 0.573 e. The van der Waals surface area contributed by atoms with Gasteiger partial charge in [0.1, 0.15) is 5.75 Å². The Morgan fingerprint density at radius 3 is 2.32 bits per heavy atom. The van der Waals surface area contributed by atoms with Crippen molar-refractivity contribution in [2.24, 2.45) is 11.3 Å². The minimum absolute atomic E-state index is 0.0605. The van der Waals surface area contributed by atoms with Crippen molar-refractivity contribution in [3.8, 4) is 5.75 Å².